The fourth-order valence-corrected chi connectivity index (χ4v) is 5.65. The predicted molar refractivity (Wildman–Crippen MR) is 110 cm³/mol. The summed E-state index contributed by atoms with van der Waals surface area (Å²) in [5.74, 6) is 0. The summed E-state index contributed by atoms with van der Waals surface area (Å²) in [5, 5.41) is 6.71. The molecule has 0 spiro atoms. The first-order valence-corrected chi connectivity index (χ1v) is 10.0. The second kappa shape index (κ2) is 6.89. The SMILES string of the molecule is Brc1ccc2cc(P(c3ccccc3)c3ccccc3)ccc2c1. The molecule has 2 heteroatoms. The molecule has 0 atom stereocenters. The molecule has 0 aliphatic rings. The summed E-state index contributed by atoms with van der Waals surface area (Å²) in [7, 11) is -0.539. The van der Waals surface area contributed by atoms with Gasteiger partial charge in [-0.1, -0.05) is 94.8 Å². The van der Waals surface area contributed by atoms with E-state index in [2.05, 4.69) is 113 Å². The molecule has 0 amide bonds. The van der Waals surface area contributed by atoms with Gasteiger partial charge >= 0.3 is 0 Å². The van der Waals surface area contributed by atoms with E-state index in [4.69, 9.17) is 0 Å². The molecule has 0 radical (unpaired) electrons. The summed E-state index contributed by atoms with van der Waals surface area (Å²) >= 11 is 3.56. The van der Waals surface area contributed by atoms with Gasteiger partial charge in [0.15, 0.2) is 0 Å². The minimum Gasteiger partial charge on any atom is -0.0622 e. The fourth-order valence-electron chi connectivity index (χ4n) is 2.94. The number of halogens is 1. The molecule has 0 nitrogen and oxygen atoms in total. The van der Waals surface area contributed by atoms with Gasteiger partial charge < -0.3 is 0 Å². The Kier molecular flexibility index (Phi) is 4.47. The van der Waals surface area contributed by atoms with Crippen molar-refractivity contribution >= 4 is 50.5 Å². The van der Waals surface area contributed by atoms with E-state index in [1.807, 2.05) is 0 Å². The number of rotatable bonds is 3. The lowest BCUT2D eigenvalue weighted by Crippen LogP contribution is -2.20. The molecule has 0 unspecified atom stereocenters. The van der Waals surface area contributed by atoms with Crippen molar-refractivity contribution in [2.24, 2.45) is 0 Å². The highest BCUT2D eigenvalue weighted by Gasteiger charge is 2.16. The third-order valence-electron chi connectivity index (χ3n) is 4.07. The molecule has 0 heterocycles. The summed E-state index contributed by atoms with van der Waals surface area (Å²) in [6.45, 7) is 0. The Morgan fingerprint density at radius 2 is 1.04 bits per heavy atom. The average molecular weight is 391 g/mol. The van der Waals surface area contributed by atoms with Crippen molar-refractivity contribution in [2.45, 2.75) is 0 Å². The van der Waals surface area contributed by atoms with Crippen LogP contribution in [-0.4, -0.2) is 0 Å². The normalized spacial score (nSPS) is 11.1. The fraction of sp³-hybridized carbons (Fsp3) is 0. The summed E-state index contributed by atoms with van der Waals surface area (Å²) < 4.78 is 1.12. The van der Waals surface area contributed by atoms with E-state index in [1.54, 1.807) is 0 Å². The van der Waals surface area contributed by atoms with E-state index < -0.39 is 7.92 Å². The van der Waals surface area contributed by atoms with E-state index in [-0.39, 0.29) is 0 Å². The maximum absolute atomic E-state index is 3.56. The number of hydrogen-bond donors (Lipinski definition) is 0. The van der Waals surface area contributed by atoms with Crippen LogP contribution in [0.3, 0.4) is 0 Å². The van der Waals surface area contributed by atoms with Crippen molar-refractivity contribution in [3.63, 3.8) is 0 Å². The van der Waals surface area contributed by atoms with Crippen LogP contribution in [0.15, 0.2) is 102 Å². The first-order chi connectivity index (χ1) is 11.8. The molecule has 0 aliphatic heterocycles. The Balaban J connectivity index is 1.89. The van der Waals surface area contributed by atoms with Crippen LogP contribution in [0.1, 0.15) is 0 Å². The zero-order valence-corrected chi connectivity index (χ0v) is 15.5. The first-order valence-electron chi connectivity index (χ1n) is 7.91. The minimum atomic E-state index is -0.539. The molecule has 0 saturated carbocycles. The van der Waals surface area contributed by atoms with E-state index >= 15 is 0 Å². The molecule has 4 aromatic rings. The Hall–Kier alpha value is -1.95. The topological polar surface area (TPSA) is 0 Å². The highest BCUT2D eigenvalue weighted by molar-refractivity contribution is 9.10. The molecule has 116 valence electrons. The molecule has 0 saturated heterocycles. The van der Waals surface area contributed by atoms with Crippen molar-refractivity contribution < 1.29 is 0 Å². The van der Waals surface area contributed by atoms with Gasteiger partial charge in [-0.05, 0) is 52.8 Å². The second-order valence-electron chi connectivity index (χ2n) is 5.68. The smallest absolute Gasteiger partial charge is 0.0181 e. The second-order valence-corrected chi connectivity index (χ2v) is 8.82. The van der Waals surface area contributed by atoms with Gasteiger partial charge in [-0.3, -0.25) is 0 Å². The predicted octanol–water partition coefficient (Wildman–Crippen LogP) is 5.36. The van der Waals surface area contributed by atoms with Gasteiger partial charge in [0.05, 0.1) is 0 Å². The number of fused-ring (bicyclic) bond motifs is 1. The van der Waals surface area contributed by atoms with Crippen molar-refractivity contribution in [3.05, 3.63) is 102 Å². The van der Waals surface area contributed by atoms with Crippen LogP contribution in [0.25, 0.3) is 10.8 Å². The molecule has 4 aromatic carbocycles. The zero-order valence-electron chi connectivity index (χ0n) is 13.1. The van der Waals surface area contributed by atoms with Crippen LogP contribution in [0, 0.1) is 0 Å². The van der Waals surface area contributed by atoms with Crippen molar-refractivity contribution in [3.8, 4) is 0 Å². The summed E-state index contributed by atoms with van der Waals surface area (Å²) in [6, 6.07) is 35.0. The maximum Gasteiger partial charge on any atom is 0.0181 e. The van der Waals surface area contributed by atoms with Gasteiger partial charge in [-0.15, -0.1) is 0 Å². The Morgan fingerprint density at radius 1 is 0.500 bits per heavy atom. The maximum atomic E-state index is 3.56. The van der Waals surface area contributed by atoms with Crippen LogP contribution in [0.5, 0.6) is 0 Å². The number of benzene rings is 4. The van der Waals surface area contributed by atoms with Crippen LogP contribution in [0.2, 0.25) is 0 Å². The average Bonchev–Trinajstić information content (AvgIpc) is 2.64. The lowest BCUT2D eigenvalue weighted by Gasteiger charge is -2.19. The van der Waals surface area contributed by atoms with Crippen LogP contribution >= 0.6 is 23.9 Å². The highest BCUT2D eigenvalue weighted by Crippen LogP contribution is 2.34. The molecule has 24 heavy (non-hydrogen) atoms. The van der Waals surface area contributed by atoms with E-state index in [0.29, 0.717) is 0 Å². The molecule has 0 fully saturated rings. The Morgan fingerprint density at radius 3 is 1.67 bits per heavy atom. The lowest BCUT2D eigenvalue weighted by atomic mass is 10.1. The van der Waals surface area contributed by atoms with Crippen molar-refractivity contribution in [1.29, 1.82) is 0 Å². The molecule has 0 aromatic heterocycles. The standard InChI is InChI=1S/C22H16BrP/c23-19-13-11-18-16-22(14-12-17(18)15-19)24(20-7-3-1-4-8-20)21-9-5-2-6-10-21/h1-16H. The minimum absolute atomic E-state index is 0.539. The summed E-state index contributed by atoms with van der Waals surface area (Å²) in [4.78, 5) is 0. The third-order valence-corrected chi connectivity index (χ3v) is 6.99. The molecular weight excluding hydrogens is 375 g/mol. The van der Waals surface area contributed by atoms with Gasteiger partial charge in [0, 0.05) is 4.47 Å². The zero-order chi connectivity index (χ0) is 16.4. The lowest BCUT2D eigenvalue weighted by molar-refractivity contribution is 1.72. The quantitative estimate of drug-likeness (QED) is 0.413. The first kappa shape index (κ1) is 15.6. The Labute approximate surface area is 152 Å². The van der Waals surface area contributed by atoms with E-state index in [9.17, 15) is 0 Å². The van der Waals surface area contributed by atoms with Gasteiger partial charge in [-0.2, -0.15) is 0 Å². The molecule has 4 rings (SSSR count). The van der Waals surface area contributed by atoms with E-state index in [1.165, 1.54) is 26.7 Å². The summed E-state index contributed by atoms with van der Waals surface area (Å²) in [5.41, 5.74) is 0. The molecule has 0 N–H and O–H groups in total. The molecular formula is C22H16BrP. The monoisotopic (exact) mass is 390 g/mol. The number of hydrogen-bond acceptors (Lipinski definition) is 0. The van der Waals surface area contributed by atoms with Crippen molar-refractivity contribution in [1.82, 2.24) is 0 Å². The van der Waals surface area contributed by atoms with Gasteiger partial charge in [0.1, 0.15) is 0 Å². The Bertz CT molecular complexity index is 925. The van der Waals surface area contributed by atoms with Gasteiger partial charge in [0.25, 0.3) is 0 Å². The van der Waals surface area contributed by atoms with E-state index in [0.717, 1.165) is 4.47 Å². The largest absolute Gasteiger partial charge is 0.0622 e. The molecule has 0 bridgehead atoms. The van der Waals surface area contributed by atoms with Crippen LogP contribution < -0.4 is 15.9 Å². The van der Waals surface area contributed by atoms with Crippen LogP contribution in [-0.2, 0) is 0 Å². The van der Waals surface area contributed by atoms with Gasteiger partial charge in [0.2, 0.25) is 0 Å². The van der Waals surface area contributed by atoms with Gasteiger partial charge in [-0.25, -0.2) is 0 Å². The summed E-state index contributed by atoms with van der Waals surface area (Å²) in [6.07, 6.45) is 0. The highest BCUT2D eigenvalue weighted by atomic mass is 79.9. The molecule has 0 aliphatic carbocycles. The van der Waals surface area contributed by atoms with Crippen LogP contribution in [0.4, 0.5) is 0 Å². The van der Waals surface area contributed by atoms with Crippen molar-refractivity contribution in [2.75, 3.05) is 0 Å². The third kappa shape index (κ3) is 3.15.